The Morgan fingerprint density at radius 3 is 2.80 bits per heavy atom. The van der Waals surface area contributed by atoms with Crippen molar-refractivity contribution in [1.29, 1.82) is 0 Å². The maximum atomic E-state index is 9.52. The highest BCUT2D eigenvalue weighted by atomic mass is 16.5. The van der Waals surface area contributed by atoms with Crippen LogP contribution in [0, 0.1) is 0 Å². The summed E-state index contributed by atoms with van der Waals surface area (Å²) in [6, 6.07) is 1.67. The molecular weight excluding hydrogens is 260 g/mol. The predicted molar refractivity (Wildman–Crippen MR) is 69.1 cm³/mol. The number of hydrogen-bond acceptors (Lipinski definition) is 7. The van der Waals surface area contributed by atoms with Crippen LogP contribution in [0.2, 0.25) is 0 Å². The largest absolute Gasteiger partial charge is 0.481 e. The Hall–Kier alpha value is -2.02. The highest BCUT2D eigenvalue weighted by Crippen LogP contribution is 2.32. The fourth-order valence-electron chi connectivity index (χ4n) is 2.40. The summed E-state index contributed by atoms with van der Waals surface area (Å²) in [5, 5.41) is 13.5. The summed E-state index contributed by atoms with van der Waals surface area (Å²) in [7, 11) is 1.54. The van der Waals surface area contributed by atoms with Gasteiger partial charge in [-0.1, -0.05) is 5.16 Å². The van der Waals surface area contributed by atoms with E-state index in [9.17, 15) is 5.11 Å². The van der Waals surface area contributed by atoms with E-state index >= 15 is 0 Å². The number of aliphatic hydroxyl groups is 1. The van der Waals surface area contributed by atoms with Crippen LogP contribution in [0.4, 0.5) is 0 Å². The molecule has 0 aliphatic heterocycles. The summed E-state index contributed by atoms with van der Waals surface area (Å²) >= 11 is 0. The molecule has 7 nitrogen and oxygen atoms in total. The number of methoxy groups -OCH3 is 1. The molecule has 0 radical (unpaired) electrons. The highest BCUT2D eigenvalue weighted by Gasteiger charge is 2.25. The summed E-state index contributed by atoms with van der Waals surface area (Å²) in [5.74, 6) is 1.74. The van der Waals surface area contributed by atoms with Crippen LogP contribution in [0.25, 0.3) is 11.5 Å². The second kappa shape index (κ2) is 5.54. The number of aromatic nitrogens is 4. The lowest BCUT2D eigenvalue weighted by Crippen LogP contribution is -2.17. The van der Waals surface area contributed by atoms with Crippen LogP contribution >= 0.6 is 0 Å². The Morgan fingerprint density at radius 2 is 2.05 bits per heavy atom. The zero-order valence-electron chi connectivity index (χ0n) is 11.2. The van der Waals surface area contributed by atoms with Gasteiger partial charge in [-0.3, -0.25) is 0 Å². The molecule has 1 saturated carbocycles. The molecule has 0 saturated heterocycles. The van der Waals surface area contributed by atoms with Gasteiger partial charge < -0.3 is 14.4 Å². The van der Waals surface area contributed by atoms with E-state index < -0.39 is 0 Å². The van der Waals surface area contributed by atoms with Crippen LogP contribution in [0.15, 0.2) is 16.9 Å². The maximum Gasteiger partial charge on any atom is 0.230 e. The van der Waals surface area contributed by atoms with Gasteiger partial charge in [0.25, 0.3) is 0 Å². The van der Waals surface area contributed by atoms with Crippen LogP contribution in [0.3, 0.4) is 0 Å². The normalized spacial score (nSPS) is 22.7. The molecule has 2 heterocycles. The Bertz CT molecular complexity index is 579. The fraction of sp³-hybridized carbons (Fsp3) is 0.538. The van der Waals surface area contributed by atoms with Crippen LogP contribution in [-0.2, 0) is 0 Å². The average molecular weight is 276 g/mol. The molecule has 0 bridgehead atoms. The number of aliphatic hydroxyl groups excluding tert-OH is 1. The summed E-state index contributed by atoms with van der Waals surface area (Å²) in [5.41, 5.74) is 0.572. The minimum absolute atomic E-state index is 0.195. The molecule has 0 amide bonds. The molecular formula is C13H16N4O3. The second-order valence-corrected chi connectivity index (χ2v) is 4.91. The third-order valence-corrected chi connectivity index (χ3v) is 3.57. The van der Waals surface area contributed by atoms with Crippen molar-refractivity contribution in [2.75, 3.05) is 7.11 Å². The molecule has 2 aromatic rings. The first-order chi connectivity index (χ1) is 9.76. The summed E-state index contributed by atoms with van der Waals surface area (Å²) in [6.45, 7) is 0. The van der Waals surface area contributed by atoms with E-state index in [1.807, 2.05) is 0 Å². The molecule has 20 heavy (non-hydrogen) atoms. The molecule has 0 spiro atoms. The van der Waals surface area contributed by atoms with Crippen molar-refractivity contribution in [2.45, 2.75) is 37.7 Å². The quantitative estimate of drug-likeness (QED) is 0.908. The molecule has 1 fully saturated rings. The maximum absolute atomic E-state index is 9.52. The van der Waals surface area contributed by atoms with Gasteiger partial charge in [0, 0.05) is 12.0 Å². The molecule has 0 unspecified atom stereocenters. The van der Waals surface area contributed by atoms with Crippen LogP contribution in [-0.4, -0.2) is 38.4 Å². The average Bonchev–Trinajstić information content (AvgIpc) is 2.98. The van der Waals surface area contributed by atoms with Crippen molar-refractivity contribution < 1.29 is 14.4 Å². The van der Waals surface area contributed by atoms with Crippen molar-refractivity contribution in [3.05, 3.63) is 18.3 Å². The van der Waals surface area contributed by atoms with Crippen LogP contribution in [0.1, 0.15) is 37.5 Å². The van der Waals surface area contributed by atoms with Crippen molar-refractivity contribution in [2.24, 2.45) is 0 Å². The van der Waals surface area contributed by atoms with Crippen molar-refractivity contribution in [1.82, 2.24) is 20.1 Å². The van der Waals surface area contributed by atoms with E-state index in [1.54, 1.807) is 13.2 Å². The Labute approximate surface area is 116 Å². The number of nitrogens with zero attached hydrogens (tertiary/aromatic N) is 4. The summed E-state index contributed by atoms with van der Waals surface area (Å²) in [6.07, 6.45) is 4.51. The zero-order valence-corrected chi connectivity index (χ0v) is 11.2. The first-order valence-corrected chi connectivity index (χ1v) is 6.64. The van der Waals surface area contributed by atoms with E-state index in [-0.39, 0.29) is 12.0 Å². The van der Waals surface area contributed by atoms with Gasteiger partial charge in [-0.15, -0.1) is 0 Å². The first-order valence-electron chi connectivity index (χ1n) is 6.64. The fourth-order valence-corrected chi connectivity index (χ4v) is 2.40. The number of hydrogen-bond donors (Lipinski definition) is 1. The molecule has 3 rings (SSSR count). The van der Waals surface area contributed by atoms with Gasteiger partial charge in [0.05, 0.1) is 13.2 Å². The number of ether oxygens (including phenoxy) is 1. The molecule has 1 aliphatic carbocycles. The van der Waals surface area contributed by atoms with Gasteiger partial charge in [-0.25, -0.2) is 9.97 Å². The monoisotopic (exact) mass is 276 g/mol. The minimum atomic E-state index is -0.195. The zero-order chi connectivity index (χ0) is 13.9. The minimum Gasteiger partial charge on any atom is -0.481 e. The molecule has 7 heteroatoms. The van der Waals surface area contributed by atoms with E-state index in [1.165, 1.54) is 6.33 Å². The molecule has 0 aromatic carbocycles. The van der Waals surface area contributed by atoms with E-state index in [0.717, 1.165) is 25.7 Å². The van der Waals surface area contributed by atoms with Crippen LogP contribution in [0.5, 0.6) is 5.88 Å². The predicted octanol–water partition coefficient (Wildman–Crippen LogP) is 1.55. The molecule has 0 atom stereocenters. The standard InChI is InChI=1S/C13H16N4O3/c1-19-11-6-10(14-7-15-11)12-16-13(20-17-12)8-2-4-9(18)5-3-8/h6-9,18H,2-5H2,1H3. The molecule has 1 N–H and O–H groups in total. The molecule has 106 valence electrons. The van der Waals surface area contributed by atoms with Gasteiger partial charge in [0.1, 0.15) is 12.0 Å². The van der Waals surface area contributed by atoms with Gasteiger partial charge in [-0.2, -0.15) is 4.98 Å². The van der Waals surface area contributed by atoms with Crippen molar-refractivity contribution >= 4 is 0 Å². The van der Waals surface area contributed by atoms with E-state index in [2.05, 4.69) is 20.1 Å². The van der Waals surface area contributed by atoms with Gasteiger partial charge in [0.2, 0.25) is 17.6 Å². The lowest BCUT2D eigenvalue weighted by molar-refractivity contribution is 0.116. The lowest BCUT2D eigenvalue weighted by atomic mass is 9.87. The van der Waals surface area contributed by atoms with Gasteiger partial charge in [-0.05, 0) is 25.7 Å². The molecule has 1 aliphatic rings. The van der Waals surface area contributed by atoms with Gasteiger partial charge >= 0.3 is 0 Å². The van der Waals surface area contributed by atoms with E-state index in [0.29, 0.717) is 23.3 Å². The number of rotatable bonds is 3. The Balaban J connectivity index is 1.79. The molecule has 2 aromatic heterocycles. The SMILES string of the molecule is COc1cc(-c2noc(C3CCC(O)CC3)n2)ncn1. The van der Waals surface area contributed by atoms with Crippen molar-refractivity contribution in [3.8, 4) is 17.4 Å². The smallest absolute Gasteiger partial charge is 0.230 e. The lowest BCUT2D eigenvalue weighted by Gasteiger charge is -2.22. The van der Waals surface area contributed by atoms with Gasteiger partial charge in [0.15, 0.2) is 0 Å². The summed E-state index contributed by atoms with van der Waals surface area (Å²) in [4.78, 5) is 12.5. The Kier molecular flexibility index (Phi) is 3.60. The third-order valence-electron chi connectivity index (χ3n) is 3.57. The van der Waals surface area contributed by atoms with Crippen molar-refractivity contribution in [3.63, 3.8) is 0 Å². The first kappa shape index (κ1) is 13.0. The highest BCUT2D eigenvalue weighted by molar-refractivity contribution is 5.49. The third kappa shape index (κ3) is 2.62. The summed E-state index contributed by atoms with van der Waals surface area (Å²) < 4.78 is 10.4. The van der Waals surface area contributed by atoms with Crippen LogP contribution < -0.4 is 4.74 Å². The second-order valence-electron chi connectivity index (χ2n) is 4.91. The van der Waals surface area contributed by atoms with E-state index in [4.69, 9.17) is 9.26 Å². The Morgan fingerprint density at radius 1 is 1.25 bits per heavy atom. The topological polar surface area (TPSA) is 94.2 Å².